The minimum absolute atomic E-state index is 0. The smallest absolute Gasteiger partial charge is 0.242 e. The van der Waals surface area contributed by atoms with E-state index in [1.165, 1.54) is 12.2 Å². The van der Waals surface area contributed by atoms with Crippen LogP contribution in [0, 0.1) is 0 Å². The first kappa shape index (κ1) is 23.1. The van der Waals surface area contributed by atoms with Crippen molar-refractivity contribution in [3.05, 3.63) is 0 Å². The zero-order chi connectivity index (χ0) is 15.4. The van der Waals surface area contributed by atoms with E-state index in [-0.39, 0.29) is 42.0 Å². The van der Waals surface area contributed by atoms with Gasteiger partial charge in [-0.15, -0.1) is 24.0 Å². The normalized spacial score (nSPS) is 11.6. The number of guanidine groups is 1. The predicted octanol–water partition coefficient (Wildman–Crippen LogP) is 2.22. The van der Waals surface area contributed by atoms with Crippen molar-refractivity contribution in [2.24, 2.45) is 4.99 Å². The molecule has 0 aromatic heterocycles. The molecular formula is C14H31IN4OS. The van der Waals surface area contributed by atoms with E-state index in [0.29, 0.717) is 5.96 Å². The van der Waals surface area contributed by atoms with Gasteiger partial charge in [0.1, 0.15) is 6.54 Å². The summed E-state index contributed by atoms with van der Waals surface area (Å²) in [7, 11) is 0. The van der Waals surface area contributed by atoms with Crippen LogP contribution in [-0.2, 0) is 4.79 Å². The number of hydrogen-bond acceptors (Lipinski definition) is 3. The van der Waals surface area contributed by atoms with Gasteiger partial charge in [-0.25, -0.2) is 4.99 Å². The third-order valence-electron chi connectivity index (χ3n) is 2.31. The standard InChI is InChI=1S/C14H30N4OS.HI/c1-6-15-13(16-9-7-8-10-20-5)17-11-12(19)18-14(2,3)4;/h6-11H2,1-5H3,(H,18,19)(H2,15,16,17);1H. The highest BCUT2D eigenvalue weighted by atomic mass is 127. The Bertz CT molecular complexity index is 306. The summed E-state index contributed by atoms with van der Waals surface area (Å²) in [6.07, 6.45) is 4.42. The van der Waals surface area contributed by atoms with E-state index < -0.39 is 0 Å². The van der Waals surface area contributed by atoms with Crippen LogP contribution in [0.4, 0.5) is 0 Å². The van der Waals surface area contributed by atoms with Crippen LogP contribution in [-0.4, -0.2) is 49.0 Å². The molecule has 21 heavy (non-hydrogen) atoms. The lowest BCUT2D eigenvalue weighted by Gasteiger charge is -2.20. The van der Waals surface area contributed by atoms with Gasteiger partial charge in [0.2, 0.25) is 5.91 Å². The van der Waals surface area contributed by atoms with E-state index in [2.05, 4.69) is 27.2 Å². The van der Waals surface area contributed by atoms with E-state index >= 15 is 0 Å². The SMILES string of the molecule is CCNC(=NCC(=O)NC(C)(C)C)NCCCCSC.I. The molecular weight excluding hydrogens is 399 g/mol. The number of halogens is 1. The fraction of sp³-hybridized carbons (Fsp3) is 0.857. The Labute approximate surface area is 150 Å². The summed E-state index contributed by atoms with van der Waals surface area (Å²) in [5.74, 6) is 1.83. The molecule has 0 spiro atoms. The number of amides is 1. The number of nitrogens with zero attached hydrogens (tertiary/aromatic N) is 1. The molecule has 126 valence electrons. The first-order chi connectivity index (χ1) is 9.39. The molecule has 0 fully saturated rings. The molecule has 0 aliphatic carbocycles. The summed E-state index contributed by atoms with van der Waals surface area (Å²) < 4.78 is 0. The van der Waals surface area contributed by atoms with Gasteiger partial charge >= 0.3 is 0 Å². The number of carbonyl (C=O) groups excluding carboxylic acids is 1. The number of rotatable bonds is 8. The Balaban J connectivity index is 0. The lowest BCUT2D eigenvalue weighted by atomic mass is 10.1. The van der Waals surface area contributed by atoms with Crippen LogP contribution in [0.5, 0.6) is 0 Å². The average Bonchev–Trinajstić information content (AvgIpc) is 2.33. The highest BCUT2D eigenvalue weighted by Gasteiger charge is 2.13. The number of thioether (sulfide) groups is 1. The summed E-state index contributed by atoms with van der Waals surface area (Å²) in [6.45, 7) is 9.72. The first-order valence-corrected chi connectivity index (χ1v) is 8.60. The third-order valence-corrected chi connectivity index (χ3v) is 3.00. The van der Waals surface area contributed by atoms with Crippen molar-refractivity contribution in [2.75, 3.05) is 31.6 Å². The highest BCUT2D eigenvalue weighted by Crippen LogP contribution is 1.98. The van der Waals surface area contributed by atoms with E-state index in [1.54, 1.807) is 0 Å². The molecule has 0 radical (unpaired) electrons. The number of unbranched alkanes of at least 4 members (excludes halogenated alkanes) is 1. The van der Waals surface area contributed by atoms with Crippen molar-refractivity contribution in [2.45, 2.75) is 46.1 Å². The van der Waals surface area contributed by atoms with Gasteiger partial charge in [-0.05, 0) is 52.5 Å². The van der Waals surface area contributed by atoms with Crippen molar-refractivity contribution in [3.63, 3.8) is 0 Å². The van der Waals surface area contributed by atoms with Crippen LogP contribution in [0.2, 0.25) is 0 Å². The molecule has 0 aromatic rings. The van der Waals surface area contributed by atoms with Crippen molar-refractivity contribution >= 4 is 47.6 Å². The summed E-state index contributed by atoms with van der Waals surface area (Å²) in [6, 6.07) is 0. The Kier molecular flexibility index (Phi) is 14.8. The Morgan fingerprint density at radius 1 is 1.19 bits per heavy atom. The van der Waals surface area contributed by atoms with Crippen molar-refractivity contribution in [1.82, 2.24) is 16.0 Å². The topological polar surface area (TPSA) is 65.5 Å². The minimum Gasteiger partial charge on any atom is -0.357 e. The second-order valence-electron chi connectivity index (χ2n) is 5.62. The van der Waals surface area contributed by atoms with Crippen molar-refractivity contribution in [1.29, 1.82) is 0 Å². The van der Waals surface area contributed by atoms with Gasteiger partial charge in [0.05, 0.1) is 0 Å². The molecule has 0 rings (SSSR count). The molecule has 0 saturated carbocycles. The lowest BCUT2D eigenvalue weighted by molar-refractivity contribution is -0.121. The van der Waals surface area contributed by atoms with Crippen LogP contribution in [0.15, 0.2) is 4.99 Å². The van der Waals surface area contributed by atoms with E-state index in [9.17, 15) is 4.79 Å². The van der Waals surface area contributed by atoms with Crippen LogP contribution in [0.1, 0.15) is 40.5 Å². The van der Waals surface area contributed by atoms with Gasteiger partial charge in [0, 0.05) is 18.6 Å². The van der Waals surface area contributed by atoms with Gasteiger partial charge in [-0.1, -0.05) is 0 Å². The van der Waals surface area contributed by atoms with Crippen molar-refractivity contribution in [3.8, 4) is 0 Å². The third kappa shape index (κ3) is 16.0. The van der Waals surface area contributed by atoms with Crippen LogP contribution in [0.3, 0.4) is 0 Å². The summed E-state index contributed by atoms with van der Waals surface area (Å²) in [5, 5.41) is 9.29. The molecule has 0 unspecified atom stereocenters. The van der Waals surface area contributed by atoms with Gasteiger partial charge in [-0.3, -0.25) is 4.79 Å². The van der Waals surface area contributed by atoms with Gasteiger partial charge in [0.15, 0.2) is 5.96 Å². The molecule has 3 N–H and O–H groups in total. The Morgan fingerprint density at radius 2 is 1.86 bits per heavy atom. The van der Waals surface area contributed by atoms with Crippen LogP contribution in [0.25, 0.3) is 0 Å². The highest BCUT2D eigenvalue weighted by molar-refractivity contribution is 14.0. The van der Waals surface area contributed by atoms with Crippen LogP contribution < -0.4 is 16.0 Å². The predicted molar refractivity (Wildman–Crippen MR) is 105 cm³/mol. The molecule has 0 aliphatic rings. The zero-order valence-electron chi connectivity index (χ0n) is 13.9. The number of aliphatic imine (C=N–C) groups is 1. The largest absolute Gasteiger partial charge is 0.357 e. The molecule has 0 aliphatic heterocycles. The summed E-state index contributed by atoms with van der Waals surface area (Å²) in [4.78, 5) is 16.0. The fourth-order valence-corrected chi connectivity index (χ4v) is 2.02. The number of nitrogens with one attached hydrogen (secondary N) is 3. The molecule has 5 nitrogen and oxygen atoms in total. The molecule has 1 amide bonds. The van der Waals surface area contributed by atoms with Gasteiger partial charge in [0.25, 0.3) is 0 Å². The molecule has 0 atom stereocenters. The van der Waals surface area contributed by atoms with Crippen LogP contribution >= 0.6 is 35.7 Å². The minimum atomic E-state index is -0.212. The van der Waals surface area contributed by atoms with Gasteiger partial charge < -0.3 is 16.0 Å². The molecule has 0 saturated heterocycles. The Morgan fingerprint density at radius 3 is 2.38 bits per heavy atom. The number of carbonyl (C=O) groups is 1. The van der Waals surface area contributed by atoms with Gasteiger partial charge in [-0.2, -0.15) is 11.8 Å². The second kappa shape index (κ2) is 13.5. The maximum absolute atomic E-state index is 11.7. The summed E-state index contributed by atoms with van der Waals surface area (Å²) in [5.41, 5.74) is -0.212. The van der Waals surface area contributed by atoms with E-state index in [0.717, 1.165) is 19.5 Å². The van der Waals surface area contributed by atoms with E-state index in [4.69, 9.17) is 0 Å². The molecule has 0 heterocycles. The van der Waals surface area contributed by atoms with Crippen molar-refractivity contribution < 1.29 is 4.79 Å². The Hall–Kier alpha value is -0.180. The summed E-state index contributed by atoms with van der Waals surface area (Å²) >= 11 is 1.86. The maximum Gasteiger partial charge on any atom is 0.242 e. The average molecular weight is 430 g/mol. The monoisotopic (exact) mass is 430 g/mol. The zero-order valence-corrected chi connectivity index (χ0v) is 17.1. The molecule has 7 heteroatoms. The fourth-order valence-electron chi connectivity index (χ4n) is 1.53. The lowest BCUT2D eigenvalue weighted by Crippen LogP contribution is -2.43. The maximum atomic E-state index is 11.7. The quantitative estimate of drug-likeness (QED) is 0.239. The first-order valence-electron chi connectivity index (χ1n) is 7.21. The molecule has 0 bridgehead atoms. The second-order valence-corrected chi connectivity index (χ2v) is 6.61. The number of hydrogen-bond donors (Lipinski definition) is 3. The molecule has 0 aromatic carbocycles. The van der Waals surface area contributed by atoms with E-state index in [1.807, 2.05) is 39.5 Å².